The number of carbonyl (C=O) groups is 1. The van der Waals surface area contributed by atoms with E-state index in [4.69, 9.17) is 4.52 Å². The predicted molar refractivity (Wildman–Crippen MR) is 72.3 cm³/mol. The van der Waals surface area contributed by atoms with Gasteiger partial charge in [0.1, 0.15) is 0 Å². The van der Waals surface area contributed by atoms with Crippen molar-refractivity contribution >= 4 is 11.8 Å². The standard InChI is InChI=1S/C14H17N3O2/c1-5-12-9(3)14(19-17-12)16-13(18)11-7-6-8(2)15-10(11)4/h6-7H,5H2,1-4H3,(H,16,18). The first kappa shape index (κ1) is 13.3. The minimum Gasteiger partial charge on any atom is -0.338 e. The molecule has 0 atom stereocenters. The van der Waals surface area contributed by atoms with Crippen LogP contribution in [0.5, 0.6) is 0 Å². The molecule has 0 aliphatic carbocycles. The summed E-state index contributed by atoms with van der Waals surface area (Å²) in [7, 11) is 0. The molecule has 0 spiro atoms. The Bertz CT molecular complexity index is 617. The van der Waals surface area contributed by atoms with E-state index in [2.05, 4.69) is 15.5 Å². The molecule has 2 heterocycles. The van der Waals surface area contributed by atoms with Gasteiger partial charge in [0, 0.05) is 11.3 Å². The smallest absolute Gasteiger partial charge is 0.259 e. The monoisotopic (exact) mass is 259 g/mol. The minimum atomic E-state index is -0.230. The van der Waals surface area contributed by atoms with Crippen LogP contribution in [0, 0.1) is 20.8 Å². The molecule has 0 aromatic carbocycles. The lowest BCUT2D eigenvalue weighted by molar-refractivity contribution is 0.102. The van der Waals surface area contributed by atoms with E-state index < -0.39 is 0 Å². The highest BCUT2D eigenvalue weighted by molar-refractivity contribution is 6.04. The molecule has 2 rings (SSSR count). The highest BCUT2D eigenvalue weighted by Crippen LogP contribution is 2.20. The molecule has 100 valence electrons. The SMILES string of the molecule is CCc1noc(NC(=O)c2ccc(C)nc2C)c1C. The van der Waals surface area contributed by atoms with Gasteiger partial charge in [0.15, 0.2) is 0 Å². The van der Waals surface area contributed by atoms with Crippen molar-refractivity contribution in [3.63, 3.8) is 0 Å². The number of aromatic nitrogens is 2. The van der Waals surface area contributed by atoms with E-state index in [9.17, 15) is 4.79 Å². The Labute approximate surface area is 112 Å². The van der Waals surface area contributed by atoms with Crippen molar-refractivity contribution in [1.82, 2.24) is 10.1 Å². The number of anilines is 1. The molecule has 0 fully saturated rings. The van der Waals surface area contributed by atoms with Gasteiger partial charge < -0.3 is 4.52 Å². The molecule has 5 heteroatoms. The average molecular weight is 259 g/mol. The van der Waals surface area contributed by atoms with E-state index >= 15 is 0 Å². The summed E-state index contributed by atoms with van der Waals surface area (Å²) in [5, 5.41) is 6.65. The van der Waals surface area contributed by atoms with Crippen molar-refractivity contribution < 1.29 is 9.32 Å². The van der Waals surface area contributed by atoms with Crippen molar-refractivity contribution in [1.29, 1.82) is 0 Å². The van der Waals surface area contributed by atoms with Gasteiger partial charge in [0.25, 0.3) is 5.91 Å². The molecule has 0 saturated carbocycles. The number of rotatable bonds is 3. The van der Waals surface area contributed by atoms with Gasteiger partial charge in [-0.15, -0.1) is 0 Å². The van der Waals surface area contributed by atoms with Gasteiger partial charge in [-0.05, 0) is 39.3 Å². The lowest BCUT2D eigenvalue weighted by atomic mass is 10.1. The van der Waals surface area contributed by atoms with E-state index in [1.54, 1.807) is 6.07 Å². The van der Waals surface area contributed by atoms with E-state index in [-0.39, 0.29) is 5.91 Å². The third kappa shape index (κ3) is 2.65. The molecule has 5 nitrogen and oxygen atoms in total. The van der Waals surface area contributed by atoms with Crippen molar-refractivity contribution in [3.8, 4) is 0 Å². The Morgan fingerprint density at radius 3 is 2.63 bits per heavy atom. The zero-order valence-electron chi connectivity index (χ0n) is 11.6. The molecule has 0 saturated heterocycles. The molecular weight excluding hydrogens is 242 g/mol. The van der Waals surface area contributed by atoms with Crippen molar-refractivity contribution in [2.45, 2.75) is 34.1 Å². The molecule has 0 aliphatic heterocycles. The second-order valence-corrected chi connectivity index (χ2v) is 4.48. The van der Waals surface area contributed by atoms with Gasteiger partial charge in [0.2, 0.25) is 5.88 Å². The highest BCUT2D eigenvalue weighted by atomic mass is 16.5. The molecular formula is C14H17N3O2. The molecule has 0 unspecified atom stereocenters. The first-order valence-corrected chi connectivity index (χ1v) is 6.23. The predicted octanol–water partition coefficient (Wildman–Crippen LogP) is 2.81. The lowest BCUT2D eigenvalue weighted by Gasteiger charge is -2.05. The molecule has 1 N–H and O–H groups in total. The molecule has 0 radical (unpaired) electrons. The van der Waals surface area contributed by atoms with E-state index in [0.717, 1.165) is 23.4 Å². The van der Waals surface area contributed by atoms with Gasteiger partial charge >= 0.3 is 0 Å². The van der Waals surface area contributed by atoms with Crippen molar-refractivity contribution in [2.24, 2.45) is 0 Å². The Kier molecular flexibility index (Phi) is 3.64. The fraction of sp³-hybridized carbons (Fsp3) is 0.357. The van der Waals surface area contributed by atoms with Gasteiger partial charge in [-0.2, -0.15) is 0 Å². The number of amides is 1. The molecule has 2 aromatic heterocycles. The number of pyridine rings is 1. The fourth-order valence-corrected chi connectivity index (χ4v) is 1.91. The summed E-state index contributed by atoms with van der Waals surface area (Å²) in [6, 6.07) is 3.58. The average Bonchev–Trinajstić information content (AvgIpc) is 2.70. The number of hydrogen-bond acceptors (Lipinski definition) is 4. The maximum Gasteiger partial charge on any atom is 0.259 e. The summed E-state index contributed by atoms with van der Waals surface area (Å²) in [6.07, 6.45) is 0.774. The quantitative estimate of drug-likeness (QED) is 0.920. The summed E-state index contributed by atoms with van der Waals surface area (Å²) in [6.45, 7) is 7.57. The number of aryl methyl sites for hydroxylation is 3. The van der Waals surface area contributed by atoms with Crippen LogP contribution in [0.15, 0.2) is 16.7 Å². The number of nitrogens with one attached hydrogen (secondary N) is 1. The normalized spacial score (nSPS) is 10.5. The van der Waals surface area contributed by atoms with Crippen molar-refractivity contribution in [2.75, 3.05) is 5.32 Å². The van der Waals surface area contributed by atoms with Crippen LogP contribution in [0.3, 0.4) is 0 Å². The first-order valence-electron chi connectivity index (χ1n) is 6.23. The molecule has 19 heavy (non-hydrogen) atoms. The second kappa shape index (κ2) is 5.22. The van der Waals surface area contributed by atoms with Crippen LogP contribution < -0.4 is 5.32 Å². The molecule has 0 aliphatic rings. The van der Waals surface area contributed by atoms with E-state index in [1.165, 1.54) is 0 Å². The molecule has 2 aromatic rings. The van der Waals surface area contributed by atoms with Crippen LogP contribution in [-0.2, 0) is 6.42 Å². The number of hydrogen-bond donors (Lipinski definition) is 1. The van der Waals surface area contributed by atoms with Gasteiger partial charge in [0.05, 0.1) is 17.0 Å². The summed E-state index contributed by atoms with van der Waals surface area (Å²) in [4.78, 5) is 16.4. The van der Waals surface area contributed by atoms with Crippen molar-refractivity contribution in [3.05, 3.63) is 40.3 Å². The van der Waals surface area contributed by atoms with Crippen LogP contribution in [0.2, 0.25) is 0 Å². The minimum absolute atomic E-state index is 0.230. The summed E-state index contributed by atoms with van der Waals surface area (Å²) in [5.41, 5.74) is 3.85. The molecule has 1 amide bonds. The topological polar surface area (TPSA) is 68.0 Å². The van der Waals surface area contributed by atoms with Crippen LogP contribution in [0.25, 0.3) is 0 Å². The third-order valence-electron chi connectivity index (χ3n) is 3.05. The zero-order valence-corrected chi connectivity index (χ0v) is 11.6. The fourth-order valence-electron chi connectivity index (χ4n) is 1.91. The Hall–Kier alpha value is -2.17. The largest absolute Gasteiger partial charge is 0.338 e. The Morgan fingerprint density at radius 1 is 1.32 bits per heavy atom. The number of nitrogens with zero attached hydrogens (tertiary/aromatic N) is 2. The maximum absolute atomic E-state index is 12.2. The van der Waals surface area contributed by atoms with Crippen LogP contribution in [0.4, 0.5) is 5.88 Å². The summed E-state index contributed by atoms with van der Waals surface area (Å²) in [5.74, 6) is 0.175. The van der Waals surface area contributed by atoms with E-state index in [1.807, 2.05) is 33.8 Å². The van der Waals surface area contributed by atoms with Gasteiger partial charge in [-0.3, -0.25) is 15.1 Å². The second-order valence-electron chi connectivity index (χ2n) is 4.48. The maximum atomic E-state index is 12.2. The third-order valence-corrected chi connectivity index (χ3v) is 3.05. The first-order chi connectivity index (χ1) is 9.02. The van der Waals surface area contributed by atoms with Crippen LogP contribution >= 0.6 is 0 Å². The zero-order chi connectivity index (χ0) is 14.0. The summed E-state index contributed by atoms with van der Waals surface area (Å²) < 4.78 is 5.14. The van der Waals surface area contributed by atoms with Crippen LogP contribution in [0.1, 0.15) is 39.9 Å². The summed E-state index contributed by atoms with van der Waals surface area (Å²) >= 11 is 0. The lowest BCUT2D eigenvalue weighted by Crippen LogP contribution is -2.14. The Morgan fingerprint density at radius 2 is 2.05 bits per heavy atom. The highest BCUT2D eigenvalue weighted by Gasteiger charge is 2.16. The van der Waals surface area contributed by atoms with Crippen LogP contribution in [-0.4, -0.2) is 16.0 Å². The Balaban J connectivity index is 2.23. The van der Waals surface area contributed by atoms with Gasteiger partial charge in [-0.25, -0.2) is 0 Å². The number of carbonyl (C=O) groups excluding carboxylic acids is 1. The molecule has 0 bridgehead atoms. The van der Waals surface area contributed by atoms with E-state index in [0.29, 0.717) is 17.1 Å². The van der Waals surface area contributed by atoms with Gasteiger partial charge in [-0.1, -0.05) is 12.1 Å².